The summed E-state index contributed by atoms with van der Waals surface area (Å²) in [5, 5.41) is 2.88. The number of esters is 1. The highest BCUT2D eigenvalue weighted by Gasteiger charge is 2.31. The van der Waals surface area contributed by atoms with E-state index in [1.54, 1.807) is 0 Å². The maximum absolute atomic E-state index is 12.7. The summed E-state index contributed by atoms with van der Waals surface area (Å²) in [5.41, 5.74) is 1.76. The number of amides is 1. The van der Waals surface area contributed by atoms with Gasteiger partial charge in [0.05, 0.1) is 0 Å². The molecule has 0 aliphatic heterocycles. The van der Waals surface area contributed by atoms with Crippen LogP contribution in [0.15, 0.2) is 24.3 Å². The summed E-state index contributed by atoms with van der Waals surface area (Å²) in [5.74, 6) is -0.342. The van der Waals surface area contributed by atoms with Crippen molar-refractivity contribution in [2.75, 3.05) is 6.61 Å². The van der Waals surface area contributed by atoms with Crippen LogP contribution in [0.25, 0.3) is 0 Å². The van der Waals surface area contributed by atoms with E-state index in [-0.39, 0.29) is 30.1 Å². The van der Waals surface area contributed by atoms with Crippen molar-refractivity contribution in [3.8, 4) is 0 Å². The van der Waals surface area contributed by atoms with Gasteiger partial charge >= 0.3 is 5.97 Å². The molecule has 0 radical (unpaired) electrons. The Balaban J connectivity index is 1.80. The second-order valence-corrected chi connectivity index (χ2v) is 10.1. The molecule has 1 aliphatic rings. The first kappa shape index (κ1) is 27.1. The normalized spacial score (nSPS) is 19.2. The van der Waals surface area contributed by atoms with Gasteiger partial charge < -0.3 is 10.1 Å². The van der Waals surface area contributed by atoms with Crippen LogP contribution in [0.4, 0.5) is 0 Å². The number of carbonyl (C=O) groups excluding carboxylic acids is 3. The number of unbranched alkanes of at least 4 members (excludes halogenated alkanes) is 4. The average molecular weight is 458 g/mol. The maximum atomic E-state index is 12.7. The Morgan fingerprint density at radius 3 is 2.21 bits per heavy atom. The van der Waals surface area contributed by atoms with Gasteiger partial charge in [0, 0.05) is 11.5 Å². The number of benzene rings is 1. The number of carbonyl (C=O) groups is 3. The van der Waals surface area contributed by atoms with Gasteiger partial charge in [-0.05, 0) is 55.9 Å². The van der Waals surface area contributed by atoms with Gasteiger partial charge in [-0.25, -0.2) is 4.79 Å². The molecule has 5 heteroatoms. The molecule has 1 aromatic carbocycles. The van der Waals surface area contributed by atoms with Crippen LogP contribution >= 0.6 is 0 Å². The second-order valence-electron chi connectivity index (χ2n) is 10.1. The van der Waals surface area contributed by atoms with E-state index in [9.17, 15) is 14.4 Å². The molecule has 0 heterocycles. The smallest absolute Gasteiger partial charge is 0.329 e. The minimum Gasteiger partial charge on any atom is -0.456 e. The molecule has 1 N–H and O–H groups in total. The van der Waals surface area contributed by atoms with Gasteiger partial charge in [0.2, 0.25) is 5.91 Å². The van der Waals surface area contributed by atoms with E-state index >= 15 is 0 Å². The maximum Gasteiger partial charge on any atom is 0.329 e. The summed E-state index contributed by atoms with van der Waals surface area (Å²) < 4.78 is 5.32. The Kier molecular flexibility index (Phi) is 11.6. The van der Waals surface area contributed by atoms with Crippen molar-refractivity contribution in [1.29, 1.82) is 0 Å². The minimum atomic E-state index is -0.736. The molecular weight excluding hydrogens is 414 g/mol. The Bertz CT molecular complexity index is 748. The number of ketones is 1. The number of ether oxygens (including phenoxy) is 1. The SMILES string of the molecule is CCCCCCCc1ccc(C(=O)COC(=O)[C@H](NC(=O)C2CCC(C)CC2)C(C)C)cc1. The van der Waals surface area contributed by atoms with Crippen LogP contribution in [-0.4, -0.2) is 30.3 Å². The van der Waals surface area contributed by atoms with Crippen molar-refractivity contribution >= 4 is 17.7 Å². The molecule has 1 amide bonds. The number of Topliss-reactive ketones (excluding diaryl/α,β-unsaturated/α-hetero) is 1. The van der Waals surface area contributed by atoms with Crippen molar-refractivity contribution in [2.24, 2.45) is 17.8 Å². The van der Waals surface area contributed by atoms with E-state index in [4.69, 9.17) is 4.74 Å². The summed E-state index contributed by atoms with van der Waals surface area (Å²) in [6, 6.07) is 6.85. The van der Waals surface area contributed by atoms with E-state index in [1.165, 1.54) is 31.2 Å². The molecule has 1 aromatic rings. The van der Waals surface area contributed by atoms with E-state index in [1.807, 2.05) is 38.1 Å². The first-order chi connectivity index (χ1) is 15.8. The van der Waals surface area contributed by atoms with Crippen LogP contribution < -0.4 is 5.32 Å². The first-order valence-electron chi connectivity index (χ1n) is 12.9. The fraction of sp³-hybridized carbons (Fsp3) is 0.679. The zero-order valence-electron chi connectivity index (χ0n) is 21.0. The van der Waals surface area contributed by atoms with Crippen molar-refractivity contribution in [3.05, 3.63) is 35.4 Å². The summed E-state index contributed by atoms with van der Waals surface area (Å²) >= 11 is 0. The first-order valence-corrected chi connectivity index (χ1v) is 12.9. The van der Waals surface area contributed by atoms with Gasteiger partial charge in [-0.2, -0.15) is 0 Å². The second kappa shape index (κ2) is 14.2. The molecule has 1 saturated carbocycles. The minimum absolute atomic E-state index is 0.0398. The quantitative estimate of drug-likeness (QED) is 0.228. The monoisotopic (exact) mass is 457 g/mol. The molecule has 0 saturated heterocycles. The van der Waals surface area contributed by atoms with Gasteiger partial charge in [0.25, 0.3) is 0 Å². The van der Waals surface area contributed by atoms with Gasteiger partial charge in [-0.1, -0.05) is 77.6 Å². The summed E-state index contributed by atoms with van der Waals surface area (Å²) in [6.07, 6.45) is 11.0. The predicted molar refractivity (Wildman–Crippen MR) is 132 cm³/mol. The topological polar surface area (TPSA) is 72.5 Å². The number of hydrogen-bond acceptors (Lipinski definition) is 4. The molecule has 0 bridgehead atoms. The Labute approximate surface area is 200 Å². The molecule has 0 aromatic heterocycles. The lowest BCUT2D eigenvalue weighted by Crippen LogP contribution is -2.48. The van der Waals surface area contributed by atoms with E-state index in [0.29, 0.717) is 11.5 Å². The van der Waals surface area contributed by atoms with Crippen LogP contribution in [0.2, 0.25) is 0 Å². The van der Waals surface area contributed by atoms with E-state index in [2.05, 4.69) is 19.2 Å². The van der Waals surface area contributed by atoms with Crippen molar-refractivity contribution in [3.63, 3.8) is 0 Å². The van der Waals surface area contributed by atoms with Crippen LogP contribution in [0.3, 0.4) is 0 Å². The molecule has 184 valence electrons. The molecule has 33 heavy (non-hydrogen) atoms. The fourth-order valence-electron chi connectivity index (χ4n) is 4.39. The molecular formula is C28H43NO4. The Morgan fingerprint density at radius 2 is 1.61 bits per heavy atom. The standard InChI is InChI=1S/C28H43NO4/c1-5-6-7-8-9-10-22-13-17-23(18-14-22)25(30)19-33-28(32)26(20(2)3)29-27(31)24-15-11-21(4)12-16-24/h13-14,17-18,20-21,24,26H,5-12,15-16,19H2,1-4H3,(H,29,31)/t21?,24?,26-/m1/s1. The summed E-state index contributed by atoms with van der Waals surface area (Å²) in [6.45, 7) is 7.86. The fourth-order valence-corrected chi connectivity index (χ4v) is 4.39. The van der Waals surface area contributed by atoms with Gasteiger partial charge in [-0.3, -0.25) is 9.59 Å². The zero-order valence-corrected chi connectivity index (χ0v) is 21.0. The Hall–Kier alpha value is -2.17. The van der Waals surface area contributed by atoms with Crippen LogP contribution in [0.5, 0.6) is 0 Å². The van der Waals surface area contributed by atoms with Crippen LogP contribution in [-0.2, 0) is 20.7 Å². The lowest BCUT2D eigenvalue weighted by molar-refractivity contribution is -0.148. The Morgan fingerprint density at radius 1 is 0.970 bits per heavy atom. The molecule has 0 spiro atoms. The van der Waals surface area contributed by atoms with Crippen molar-refractivity contribution in [1.82, 2.24) is 5.32 Å². The average Bonchev–Trinajstić information content (AvgIpc) is 2.81. The summed E-state index contributed by atoms with van der Waals surface area (Å²) in [4.78, 5) is 37.8. The van der Waals surface area contributed by atoms with Crippen LogP contribution in [0, 0.1) is 17.8 Å². The lowest BCUT2D eigenvalue weighted by atomic mass is 9.82. The highest BCUT2D eigenvalue weighted by molar-refractivity contribution is 5.98. The molecule has 0 unspecified atom stereocenters. The third-order valence-corrected chi connectivity index (χ3v) is 6.80. The third kappa shape index (κ3) is 9.30. The van der Waals surface area contributed by atoms with Gasteiger partial charge in [-0.15, -0.1) is 0 Å². The highest BCUT2D eigenvalue weighted by atomic mass is 16.5. The number of rotatable bonds is 13. The van der Waals surface area contributed by atoms with Gasteiger partial charge in [0.15, 0.2) is 12.4 Å². The number of nitrogens with one attached hydrogen (secondary N) is 1. The largest absolute Gasteiger partial charge is 0.456 e. The summed E-state index contributed by atoms with van der Waals surface area (Å²) in [7, 11) is 0. The molecule has 1 fully saturated rings. The van der Waals surface area contributed by atoms with Crippen molar-refractivity contribution < 1.29 is 19.1 Å². The lowest BCUT2D eigenvalue weighted by Gasteiger charge is -2.28. The van der Waals surface area contributed by atoms with Crippen molar-refractivity contribution in [2.45, 2.75) is 97.9 Å². The third-order valence-electron chi connectivity index (χ3n) is 6.80. The van der Waals surface area contributed by atoms with Gasteiger partial charge in [0.1, 0.15) is 6.04 Å². The molecule has 2 rings (SSSR count). The number of hydrogen-bond donors (Lipinski definition) is 1. The molecule has 5 nitrogen and oxygen atoms in total. The highest BCUT2D eigenvalue weighted by Crippen LogP contribution is 2.28. The van der Waals surface area contributed by atoms with E-state index < -0.39 is 12.0 Å². The molecule has 1 aliphatic carbocycles. The zero-order chi connectivity index (χ0) is 24.2. The van der Waals surface area contributed by atoms with E-state index in [0.717, 1.165) is 38.5 Å². The predicted octanol–water partition coefficient (Wildman–Crippen LogP) is 5.89. The molecule has 1 atom stereocenters. The number of aryl methyl sites for hydroxylation is 1. The van der Waals surface area contributed by atoms with Crippen LogP contribution in [0.1, 0.15) is 101 Å².